The number of pyridine rings is 1. The Bertz CT molecular complexity index is 1180. The topological polar surface area (TPSA) is 74.8 Å². The largest absolute Gasteiger partial charge is 0.516 e. The smallest absolute Gasteiger partial charge is 0.361 e. The first kappa shape index (κ1) is 22.2. The van der Waals surface area contributed by atoms with Gasteiger partial charge in [-0.2, -0.15) is 21.6 Å². The van der Waals surface area contributed by atoms with E-state index in [0.29, 0.717) is 11.1 Å². The summed E-state index contributed by atoms with van der Waals surface area (Å²) in [5.41, 5.74) is -1.90. The average Bonchev–Trinajstić information content (AvgIpc) is 3.10. The summed E-state index contributed by atoms with van der Waals surface area (Å²) in [5.74, 6) is 0. The molecule has 0 amide bonds. The fourth-order valence-electron chi connectivity index (χ4n) is 2.75. The summed E-state index contributed by atoms with van der Waals surface area (Å²) in [6.07, 6.45) is 3.44. The van der Waals surface area contributed by atoms with Crippen molar-refractivity contribution in [1.82, 2.24) is 9.97 Å². The van der Waals surface area contributed by atoms with Crippen molar-refractivity contribution in [2.45, 2.75) is 31.7 Å². The zero-order chi connectivity index (χ0) is 22.3. The summed E-state index contributed by atoms with van der Waals surface area (Å²) in [7, 11) is -5.51. The molecule has 3 rings (SSSR count). The third-order valence-electron chi connectivity index (χ3n) is 4.36. The number of nitrogens with one attached hydrogen (secondary N) is 2. The maximum atomic E-state index is 12.5. The van der Waals surface area contributed by atoms with Crippen molar-refractivity contribution in [1.29, 1.82) is 0 Å². The van der Waals surface area contributed by atoms with Gasteiger partial charge in [-0.25, -0.2) is 0 Å². The highest BCUT2D eigenvalue weighted by Gasteiger charge is 2.46. The number of sulfonamides is 1. The molecule has 2 N–H and O–H groups in total. The molecule has 0 aliphatic carbocycles. The minimum Gasteiger partial charge on any atom is -0.361 e. The van der Waals surface area contributed by atoms with Gasteiger partial charge in [0.05, 0.1) is 10.7 Å². The Morgan fingerprint density at radius 1 is 1.03 bits per heavy atom. The van der Waals surface area contributed by atoms with Crippen molar-refractivity contribution >= 4 is 27.3 Å². The van der Waals surface area contributed by atoms with Gasteiger partial charge in [0.1, 0.15) is 0 Å². The second kappa shape index (κ2) is 7.63. The van der Waals surface area contributed by atoms with Crippen molar-refractivity contribution in [3.63, 3.8) is 0 Å². The van der Waals surface area contributed by atoms with Crippen molar-refractivity contribution < 1.29 is 21.6 Å². The van der Waals surface area contributed by atoms with Crippen LogP contribution >= 0.6 is 11.6 Å². The van der Waals surface area contributed by atoms with Gasteiger partial charge in [0.2, 0.25) is 0 Å². The van der Waals surface area contributed by atoms with E-state index in [4.69, 9.17) is 11.6 Å². The first-order valence-electron chi connectivity index (χ1n) is 8.82. The van der Waals surface area contributed by atoms with Gasteiger partial charge < -0.3 is 4.98 Å². The minimum absolute atomic E-state index is 0.105. The lowest BCUT2D eigenvalue weighted by molar-refractivity contribution is -0.0429. The van der Waals surface area contributed by atoms with Crippen molar-refractivity contribution in [2.75, 3.05) is 4.72 Å². The molecule has 0 radical (unpaired) electrons. The summed E-state index contributed by atoms with van der Waals surface area (Å²) in [5, 5.41) is 0.105. The Morgan fingerprint density at radius 2 is 1.73 bits per heavy atom. The molecule has 0 atom stereocenters. The van der Waals surface area contributed by atoms with Gasteiger partial charge in [-0.15, -0.1) is 0 Å². The van der Waals surface area contributed by atoms with Crippen LogP contribution in [0.3, 0.4) is 0 Å². The highest BCUT2D eigenvalue weighted by molar-refractivity contribution is 7.93. The van der Waals surface area contributed by atoms with Crippen LogP contribution in [-0.4, -0.2) is 23.9 Å². The summed E-state index contributed by atoms with van der Waals surface area (Å²) >= 11 is 6.21. The zero-order valence-corrected chi connectivity index (χ0v) is 17.9. The quantitative estimate of drug-likeness (QED) is 0.508. The van der Waals surface area contributed by atoms with Crippen molar-refractivity contribution in [3.8, 4) is 22.4 Å². The number of hydrogen-bond donors (Lipinski definition) is 2. The summed E-state index contributed by atoms with van der Waals surface area (Å²) in [6.45, 7) is 6.19. The molecule has 1 aromatic carbocycles. The molecule has 2 heterocycles. The van der Waals surface area contributed by atoms with E-state index in [1.807, 2.05) is 18.2 Å². The summed E-state index contributed by atoms with van der Waals surface area (Å²) in [4.78, 5) is 7.55. The molecule has 30 heavy (non-hydrogen) atoms. The lowest BCUT2D eigenvalue weighted by atomic mass is 9.90. The maximum absolute atomic E-state index is 12.5. The van der Waals surface area contributed by atoms with Crippen LogP contribution in [0.2, 0.25) is 5.02 Å². The Balaban J connectivity index is 1.89. The van der Waals surface area contributed by atoms with Gasteiger partial charge in [0, 0.05) is 45.9 Å². The number of benzene rings is 1. The lowest BCUT2D eigenvalue weighted by Crippen LogP contribution is -2.29. The van der Waals surface area contributed by atoms with Crippen LogP contribution in [-0.2, 0) is 15.4 Å². The molecule has 0 aliphatic rings. The molecule has 2 aromatic heterocycles. The fraction of sp³-hybridized carbons (Fsp3) is 0.250. The molecule has 10 heteroatoms. The van der Waals surface area contributed by atoms with E-state index in [0.717, 1.165) is 23.0 Å². The molecule has 0 fully saturated rings. The fourth-order valence-corrected chi connectivity index (χ4v) is 3.59. The first-order valence-corrected chi connectivity index (χ1v) is 10.7. The highest BCUT2D eigenvalue weighted by atomic mass is 35.5. The van der Waals surface area contributed by atoms with E-state index in [1.54, 1.807) is 12.4 Å². The van der Waals surface area contributed by atoms with E-state index in [9.17, 15) is 21.6 Å². The number of rotatable bonds is 4. The number of anilines is 1. The van der Waals surface area contributed by atoms with E-state index in [1.165, 1.54) is 16.9 Å². The number of H-pyrrole nitrogens is 1. The number of aromatic nitrogens is 2. The number of nitrogens with zero attached hydrogens (tertiary/aromatic N) is 1. The van der Waals surface area contributed by atoms with Gasteiger partial charge in [0.15, 0.2) is 0 Å². The Kier molecular flexibility index (Phi) is 5.64. The lowest BCUT2D eigenvalue weighted by Gasteiger charge is -2.18. The zero-order valence-electron chi connectivity index (χ0n) is 16.3. The molecule has 0 aliphatic heterocycles. The second-order valence-corrected chi connectivity index (χ2v) is 9.81. The first-order chi connectivity index (χ1) is 13.8. The highest BCUT2D eigenvalue weighted by Crippen LogP contribution is 2.34. The molecule has 0 bridgehead atoms. The van der Waals surface area contributed by atoms with Gasteiger partial charge in [-0.1, -0.05) is 38.4 Å². The van der Waals surface area contributed by atoms with Gasteiger partial charge in [-0.3, -0.25) is 9.71 Å². The number of halogens is 4. The third kappa shape index (κ3) is 4.62. The SMILES string of the molecule is CC(C)(C)c1cc(-c2cc(-c3ccc(NS(=O)(=O)C(F)(F)F)cc3Cl)c[nH]2)ccn1. The predicted molar refractivity (Wildman–Crippen MR) is 112 cm³/mol. The monoisotopic (exact) mass is 457 g/mol. The van der Waals surface area contributed by atoms with E-state index in [2.05, 4.69) is 30.7 Å². The minimum atomic E-state index is -5.51. The molecular weight excluding hydrogens is 439 g/mol. The van der Waals surface area contributed by atoms with Crippen LogP contribution in [0.15, 0.2) is 48.8 Å². The number of aromatic amines is 1. The van der Waals surface area contributed by atoms with Crippen LogP contribution < -0.4 is 4.72 Å². The molecule has 3 aromatic rings. The Morgan fingerprint density at radius 3 is 2.33 bits per heavy atom. The third-order valence-corrected chi connectivity index (χ3v) is 5.79. The molecule has 0 unspecified atom stereocenters. The molecule has 160 valence electrons. The average molecular weight is 458 g/mol. The number of hydrogen-bond acceptors (Lipinski definition) is 3. The van der Waals surface area contributed by atoms with E-state index in [-0.39, 0.29) is 16.1 Å². The summed E-state index contributed by atoms with van der Waals surface area (Å²) < 4.78 is 61.6. The molecular formula is C20H19ClF3N3O2S. The number of alkyl halides is 3. The van der Waals surface area contributed by atoms with E-state index < -0.39 is 15.5 Å². The van der Waals surface area contributed by atoms with Gasteiger partial charge in [-0.05, 0) is 30.3 Å². The van der Waals surface area contributed by atoms with Crippen LogP contribution in [0.4, 0.5) is 18.9 Å². The van der Waals surface area contributed by atoms with Crippen LogP contribution in [0, 0.1) is 0 Å². The molecule has 0 saturated heterocycles. The normalized spacial score (nSPS) is 12.8. The van der Waals surface area contributed by atoms with Crippen LogP contribution in [0.25, 0.3) is 22.4 Å². The predicted octanol–water partition coefficient (Wildman–Crippen LogP) is 5.96. The molecule has 0 spiro atoms. The Hall–Kier alpha value is -2.52. The summed E-state index contributed by atoms with van der Waals surface area (Å²) in [6, 6.07) is 9.51. The van der Waals surface area contributed by atoms with Crippen molar-refractivity contribution in [3.05, 3.63) is 59.5 Å². The molecule has 0 saturated carbocycles. The Labute approximate surface area is 177 Å². The van der Waals surface area contributed by atoms with Crippen LogP contribution in [0.5, 0.6) is 0 Å². The van der Waals surface area contributed by atoms with Gasteiger partial charge in [0.25, 0.3) is 0 Å². The molecule has 5 nitrogen and oxygen atoms in total. The standard InChI is InChI=1S/C20H19ClF3N3O2S/c1-19(2,3)18-9-12(6-7-25-18)17-8-13(11-26-17)15-5-4-14(10-16(15)21)27-30(28,29)20(22,23)24/h4-11,26-27H,1-3H3. The van der Waals surface area contributed by atoms with Crippen LogP contribution in [0.1, 0.15) is 26.5 Å². The van der Waals surface area contributed by atoms with E-state index >= 15 is 0 Å². The van der Waals surface area contributed by atoms with Gasteiger partial charge >= 0.3 is 15.5 Å². The second-order valence-electron chi connectivity index (χ2n) is 7.73. The maximum Gasteiger partial charge on any atom is 0.516 e. The van der Waals surface area contributed by atoms with Crippen molar-refractivity contribution in [2.24, 2.45) is 0 Å².